The van der Waals surface area contributed by atoms with Gasteiger partial charge in [-0.3, -0.25) is 9.59 Å². The molecule has 0 spiro atoms. The third-order valence-electron chi connectivity index (χ3n) is 3.66. The Morgan fingerprint density at radius 2 is 2.22 bits per heavy atom. The summed E-state index contributed by atoms with van der Waals surface area (Å²) in [5.74, 6) is 0.377. The van der Waals surface area contributed by atoms with Crippen molar-refractivity contribution < 1.29 is 14.3 Å². The van der Waals surface area contributed by atoms with Crippen LogP contribution in [0.15, 0.2) is 11.4 Å². The minimum atomic E-state index is -0.303. The van der Waals surface area contributed by atoms with E-state index >= 15 is 0 Å². The van der Waals surface area contributed by atoms with Crippen LogP contribution in [-0.2, 0) is 16.0 Å². The molecule has 0 saturated heterocycles. The van der Waals surface area contributed by atoms with E-state index < -0.39 is 0 Å². The maximum absolute atomic E-state index is 12.3. The number of hydrogen-bond acceptors (Lipinski definition) is 7. The van der Waals surface area contributed by atoms with Crippen molar-refractivity contribution in [3.05, 3.63) is 17.5 Å². The molecule has 122 valence electrons. The van der Waals surface area contributed by atoms with Crippen molar-refractivity contribution in [2.45, 2.75) is 38.8 Å². The molecular weight excluding hydrogens is 316 g/mol. The fraction of sp³-hybridized carbons (Fsp3) is 0.533. The van der Waals surface area contributed by atoms with Gasteiger partial charge in [0.25, 0.3) is 5.78 Å². The zero-order valence-electron chi connectivity index (χ0n) is 13.3. The fourth-order valence-electron chi connectivity index (χ4n) is 2.70. The number of nitrogens with zero attached hydrogens (tertiary/aromatic N) is 4. The summed E-state index contributed by atoms with van der Waals surface area (Å²) in [6, 6.07) is 0. The van der Waals surface area contributed by atoms with Gasteiger partial charge in [-0.05, 0) is 18.8 Å². The van der Waals surface area contributed by atoms with Gasteiger partial charge in [-0.1, -0.05) is 25.6 Å². The molecule has 1 aliphatic rings. The minimum absolute atomic E-state index is 0.0851. The highest BCUT2D eigenvalue weighted by molar-refractivity contribution is 7.99. The number of hydrogen-bond donors (Lipinski definition) is 0. The van der Waals surface area contributed by atoms with Crippen molar-refractivity contribution in [3.8, 4) is 0 Å². The van der Waals surface area contributed by atoms with E-state index in [1.807, 2.05) is 0 Å². The maximum atomic E-state index is 12.3. The van der Waals surface area contributed by atoms with Crippen LogP contribution in [0.3, 0.4) is 0 Å². The van der Waals surface area contributed by atoms with Crippen molar-refractivity contribution in [2.24, 2.45) is 5.41 Å². The van der Waals surface area contributed by atoms with Gasteiger partial charge in [0.05, 0.1) is 23.6 Å². The summed E-state index contributed by atoms with van der Waals surface area (Å²) < 4.78 is 6.51. The molecule has 0 atom stereocenters. The fourth-order valence-corrected chi connectivity index (χ4v) is 3.31. The Morgan fingerprint density at radius 3 is 2.96 bits per heavy atom. The number of esters is 1. The number of Topliss-reactive ketones (excluding diaryl/α,β-unsaturated/α-hetero) is 1. The van der Waals surface area contributed by atoms with E-state index in [0.717, 1.165) is 12.1 Å². The summed E-state index contributed by atoms with van der Waals surface area (Å²) in [6.07, 6.45) is 2.82. The maximum Gasteiger partial charge on any atom is 0.316 e. The molecule has 0 fully saturated rings. The first-order valence-corrected chi connectivity index (χ1v) is 8.44. The Balaban J connectivity index is 1.92. The highest BCUT2D eigenvalue weighted by Gasteiger charge is 2.33. The molecule has 23 heavy (non-hydrogen) atoms. The summed E-state index contributed by atoms with van der Waals surface area (Å²) in [5.41, 5.74) is 1.35. The van der Waals surface area contributed by atoms with Crippen LogP contribution in [0.4, 0.5) is 0 Å². The first kappa shape index (κ1) is 15.9. The van der Waals surface area contributed by atoms with Gasteiger partial charge in [0, 0.05) is 12.6 Å². The zero-order chi connectivity index (χ0) is 16.6. The van der Waals surface area contributed by atoms with Crippen molar-refractivity contribution >= 4 is 29.3 Å². The second-order valence-corrected chi connectivity index (χ2v) is 7.20. The molecule has 0 unspecified atom stereocenters. The molecule has 0 bridgehead atoms. The lowest BCUT2D eigenvalue weighted by Gasteiger charge is -2.29. The topological polar surface area (TPSA) is 86.4 Å². The average Bonchev–Trinajstić information content (AvgIpc) is 2.88. The van der Waals surface area contributed by atoms with Crippen molar-refractivity contribution in [1.82, 2.24) is 19.6 Å². The largest absolute Gasteiger partial charge is 0.465 e. The number of ether oxygens (including phenoxy) is 1. The number of carbonyl (C=O) groups is 2. The Hall–Kier alpha value is -1.96. The molecule has 2 aromatic heterocycles. The van der Waals surface area contributed by atoms with Crippen LogP contribution in [0.2, 0.25) is 0 Å². The smallest absolute Gasteiger partial charge is 0.316 e. The lowest BCUT2D eigenvalue weighted by molar-refractivity contribution is -0.139. The summed E-state index contributed by atoms with van der Waals surface area (Å²) in [4.78, 5) is 32.2. The number of ketones is 1. The second kappa shape index (κ2) is 5.92. The molecule has 0 aromatic carbocycles. The molecule has 3 rings (SSSR count). The third kappa shape index (κ3) is 3.21. The second-order valence-electron chi connectivity index (χ2n) is 6.26. The Morgan fingerprint density at radius 1 is 1.43 bits per heavy atom. The van der Waals surface area contributed by atoms with E-state index in [2.05, 4.69) is 28.9 Å². The SMILES string of the molecule is CCOC(=O)CSc1nc2ncc3c(n2n1)CC(C)(C)CC3=O. The Bertz CT molecular complexity index is 784. The average molecular weight is 334 g/mol. The summed E-state index contributed by atoms with van der Waals surface area (Å²) in [5, 5.41) is 4.86. The monoisotopic (exact) mass is 334 g/mol. The lowest BCUT2D eigenvalue weighted by atomic mass is 9.76. The summed E-state index contributed by atoms with van der Waals surface area (Å²) in [6.45, 7) is 6.24. The molecule has 0 saturated carbocycles. The van der Waals surface area contributed by atoms with E-state index in [9.17, 15) is 9.59 Å². The third-order valence-corrected chi connectivity index (χ3v) is 4.47. The van der Waals surface area contributed by atoms with Gasteiger partial charge in [0.1, 0.15) is 0 Å². The number of carbonyl (C=O) groups excluding carboxylic acids is 2. The minimum Gasteiger partial charge on any atom is -0.465 e. The van der Waals surface area contributed by atoms with E-state index in [-0.39, 0.29) is 22.9 Å². The van der Waals surface area contributed by atoms with Crippen LogP contribution < -0.4 is 0 Å². The van der Waals surface area contributed by atoms with E-state index in [0.29, 0.717) is 29.5 Å². The molecular formula is C15H18N4O3S. The van der Waals surface area contributed by atoms with Gasteiger partial charge >= 0.3 is 5.97 Å². The summed E-state index contributed by atoms with van der Waals surface area (Å²) >= 11 is 1.20. The number of rotatable bonds is 4. The van der Waals surface area contributed by atoms with E-state index in [4.69, 9.17) is 4.74 Å². The van der Waals surface area contributed by atoms with Gasteiger partial charge in [-0.15, -0.1) is 5.10 Å². The number of thioether (sulfide) groups is 1. The molecule has 2 heterocycles. The van der Waals surface area contributed by atoms with Crippen molar-refractivity contribution in [3.63, 3.8) is 0 Å². The Labute approximate surface area is 137 Å². The normalized spacial score (nSPS) is 16.4. The molecule has 1 aliphatic carbocycles. The van der Waals surface area contributed by atoms with Crippen LogP contribution >= 0.6 is 11.8 Å². The first-order valence-electron chi connectivity index (χ1n) is 7.46. The van der Waals surface area contributed by atoms with Crippen LogP contribution in [0, 0.1) is 5.41 Å². The quantitative estimate of drug-likeness (QED) is 0.624. The van der Waals surface area contributed by atoms with Crippen LogP contribution in [0.1, 0.15) is 43.2 Å². The van der Waals surface area contributed by atoms with Gasteiger partial charge < -0.3 is 4.74 Å². The van der Waals surface area contributed by atoms with E-state index in [1.165, 1.54) is 11.8 Å². The molecule has 0 aliphatic heterocycles. The van der Waals surface area contributed by atoms with Crippen LogP contribution in [0.5, 0.6) is 0 Å². The predicted octanol–water partition coefficient (Wildman–Crippen LogP) is 1.93. The van der Waals surface area contributed by atoms with Crippen molar-refractivity contribution in [2.75, 3.05) is 12.4 Å². The molecule has 0 N–H and O–H groups in total. The number of fused-ring (bicyclic) bond motifs is 3. The predicted molar refractivity (Wildman–Crippen MR) is 84.6 cm³/mol. The van der Waals surface area contributed by atoms with Crippen molar-refractivity contribution in [1.29, 1.82) is 0 Å². The molecule has 7 nitrogen and oxygen atoms in total. The lowest BCUT2D eigenvalue weighted by Crippen LogP contribution is -2.29. The van der Waals surface area contributed by atoms with Crippen LogP contribution in [0.25, 0.3) is 5.78 Å². The van der Waals surface area contributed by atoms with Gasteiger partial charge in [-0.2, -0.15) is 9.50 Å². The van der Waals surface area contributed by atoms with Gasteiger partial charge in [0.15, 0.2) is 5.78 Å². The standard InChI is InChI=1S/C15H18N4O3S/c1-4-22-12(21)8-23-14-17-13-16-7-9-10(19(13)18-14)5-15(2,3)6-11(9)20/h7H,4-6,8H2,1-3H3. The highest BCUT2D eigenvalue weighted by atomic mass is 32.2. The molecule has 0 amide bonds. The molecule has 8 heteroatoms. The molecule has 2 aromatic rings. The Kier molecular flexibility index (Phi) is 4.09. The number of aromatic nitrogens is 4. The van der Waals surface area contributed by atoms with Gasteiger partial charge in [0.2, 0.25) is 5.16 Å². The first-order chi connectivity index (χ1) is 10.9. The van der Waals surface area contributed by atoms with Crippen LogP contribution in [-0.4, -0.2) is 43.7 Å². The molecule has 0 radical (unpaired) electrons. The highest BCUT2D eigenvalue weighted by Crippen LogP contribution is 2.34. The zero-order valence-corrected chi connectivity index (χ0v) is 14.1. The van der Waals surface area contributed by atoms with Gasteiger partial charge in [-0.25, -0.2) is 4.98 Å². The van der Waals surface area contributed by atoms with E-state index in [1.54, 1.807) is 17.6 Å². The summed E-state index contributed by atoms with van der Waals surface area (Å²) in [7, 11) is 0.